The molecule has 1 atom stereocenters. The van der Waals surface area contributed by atoms with Crippen molar-refractivity contribution in [2.45, 2.75) is 19.4 Å². The van der Waals surface area contributed by atoms with Crippen LogP contribution in [0.5, 0.6) is 5.75 Å². The third-order valence-corrected chi connectivity index (χ3v) is 4.03. The standard InChI is InChI=1S/C19H17NO5/c1-2-15(21)20-17(14-8-5-9-25-14)16-12-7-4-3-6-11(12)10-13(18(16)22)19(23)24/h3-10,17,22H,2H2,1H3,(H,20,21)(H,23,24). The highest BCUT2D eigenvalue weighted by atomic mass is 16.4. The van der Waals surface area contributed by atoms with Gasteiger partial charge in [0.05, 0.1) is 6.26 Å². The van der Waals surface area contributed by atoms with Crippen molar-refractivity contribution in [3.05, 3.63) is 65.6 Å². The van der Waals surface area contributed by atoms with Crippen LogP contribution in [-0.4, -0.2) is 22.1 Å². The van der Waals surface area contributed by atoms with Crippen LogP contribution < -0.4 is 5.32 Å². The number of furan rings is 1. The summed E-state index contributed by atoms with van der Waals surface area (Å²) in [5.41, 5.74) is 0.0725. The lowest BCUT2D eigenvalue weighted by atomic mass is 9.93. The van der Waals surface area contributed by atoms with Crippen LogP contribution in [0, 0.1) is 0 Å². The fourth-order valence-corrected chi connectivity index (χ4v) is 2.82. The Bertz CT molecular complexity index is 930. The maximum atomic E-state index is 12.0. The van der Waals surface area contributed by atoms with Crippen LogP contribution in [0.4, 0.5) is 0 Å². The molecule has 0 aliphatic carbocycles. The third-order valence-electron chi connectivity index (χ3n) is 4.03. The summed E-state index contributed by atoms with van der Waals surface area (Å²) >= 11 is 0. The van der Waals surface area contributed by atoms with Gasteiger partial charge in [-0.1, -0.05) is 31.2 Å². The van der Waals surface area contributed by atoms with Gasteiger partial charge in [-0.3, -0.25) is 4.79 Å². The van der Waals surface area contributed by atoms with Crippen molar-refractivity contribution in [2.75, 3.05) is 0 Å². The van der Waals surface area contributed by atoms with Crippen molar-refractivity contribution in [1.29, 1.82) is 0 Å². The first-order valence-electron chi connectivity index (χ1n) is 7.83. The molecule has 1 unspecified atom stereocenters. The van der Waals surface area contributed by atoms with E-state index in [4.69, 9.17) is 4.42 Å². The van der Waals surface area contributed by atoms with E-state index in [-0.39, 0.29) is 23.6 Å². The quantitative estimate of drug-likeness (QED) is 0.661. The smallest absolute Gasteiger partial charge is 0.339 e. The minimum Gasteiger partial charge on any atom is -0.507 e. The van der Waals surface area contributed by atoms with E-state index in [9.17, 15) is 19.8 Å². The van der Waals surface area contributed by atoms with Crippen LogP contribution in [0.1, 0.15) is 41.1 Å². The Labute approximate surface area is 143 Å². The number of nitrogens with one attached hydrogen (secondary N) is 1. The molecule has 3 aromatic rings. The van der Waals surface area contributed by atoms with E-state index in [1.165, 1.54) is 12.3 Å². The molecule has 1 aromatic heterocycles. The minimum absolute atomic E-state index is 0.226. The molecule has 0 radical (unpaired) electrons. The van der Waals surface area contributed by atoms with Crippen LogP contribution in [-0.2, 0) is 4.79 Å². The van der Waals surface area contributed by atoms with Crippen LogP contribution in [0.25, 0.3) is 10.8 Å². The zero-order valence-corrected chi connectivity index (χ0v) is 13.5. The number of carboxylic acids is 1. The predicted molar refractivity (Wildman–Crippen MR) is 91.6 cm³/mol. The van der Waals surface area contributed by atoms with Crippen molar-refractivity contribution in [2.24, 2.45) is 0 Å². The highest BCUT2D eigenvalue weighted by Gasteiger charge is 2.27. The molecule has 128 valence electrons. The molecule has 3 rings (SSSR count). The normalized spacial score (nSPS) is 12.0. The molecule has 0 aliphatic heterocycles. The Morgan fingerprint density at radius 2 is 1.96 bits per heavy atom. The van der Waals surface area contributed by atoms with Crippen molar-refractivity contribution < 1.29 is 24.2 Å². The molecule has 2 aromatic carbocycles. The van der Waals surface area contributed by atoms with Crippen LogP contribution >= 0.6 is 0 Å². The number of fused-ring (bicyclic) bond motifs is 1. The molecule has 3 N–H and O–H groups in total. The Morgan fingerprint density at radius 3 is 2.60 bits per heavy atom. The number of carboxylic acid groups (broad SMARTS) is 1. The number of hydrogen-bond acceptors (Lipinski definition) is 4. The van der Waals surface area contributed by atoms with Gasteiger partial charge in [-0.2, -0.15) is 0 Å². The summed E-state index contributed by atoms with van der Waals surface area (Å²) in [5.74, 6) is -1.47. The Morgan fingerprint density at radius 1 is 1.20 bits per heavy atom. The van der Waals surface area contributed by atoms with E-state index in [2.05, 4.69) is 5.32 Å². The summed E-state index contributed by atoms with van der Waals surface area (Å²) < 4.78 is 5.43. The van der Waals surface area contributed by atoms with Crippen LogP contribution in [0.2, 0.25) is 0 Å². The van der Waals surface area contributed by atoms with Gasteiger partial charge in [-0.05, 0) is 29.0 Å². The molecule has 6 nitrogen and oxygen atoms in total. The van der Waals surface area contributed by atoms with E-state index in [0.717, 1.165) is 0 Å². The van der Waals surface area contributed by atoms with Gasteiger partial charge in [0.25, 0.3) is 0 Å². The summed E-state index contributed by atoms with van der Waals surface area (Å²) in [7, 11) is 0. The number of rotatable bonds is 5. The molecule has 0 fully saturated rings. The van der Waals surface area contributed by atoms with Gasteiger partial charge in [0, 0.05) is 12.0 Å². The number of amides is 1. The largest absolute Gasteiger partial charge is 0.507 e. The highest BCUT2D eigenvalue weighted by molar-refractivity contribution is 6.00. The van der Waals surface area contributed by atoms with E-state index in [1.54, 1.807) is 43.3 Å². The Balaban J connectivity index is 2.31. The molecule has 1 heterocycles. The van der Waals surface area contributed by atoms with E-state index in [0.29, 0.717) is 22.1 Å². The average molecular weight is 339 g/mol. The molecule has 0 aliphatic rings. The Kier molecular flexibility index (Phi) is 4.43. The van der Waals surface area contributed by atoms with Crippen molar-refractivity contribution in [3.63, 3.8) is 0 Å². The minimum atomic E-state index is -1.25. The number of hydrogen-bond donors (Lipinski definition) is 3. The molecule has 25 heavy (non-hydrogen) atoms. The SMILES string of the molecule is CCC(=O)NC(c1ccco1)c1c(O)c(C(=O)O)cc2ccccc12. The molecule has 0 saturated heterocycles. The van der Waals surface area contributed by atoms with E-state index in [1.807, 2.05) is 0 Å². The lowest BCUT2D eigenvalue weighted by Gasteiger charge is -2.21. The molecule has 0 bridgehead atoms. The number of aromatic carboxylic acids is 1. The lowest BCUT2D eigenvalue weighted by Crippen LogP contribution is -2.28. The fraction of sp³-hybridized carbons (Fsp3) is 0.158. The van der Waals surface area contributed by atoms with Gasteiger partial charge in [0.15, 0.2) is 0 Å². The summed E-state index contributed by atoms with van der Waals surface area (Å²) in [6.07, 6.45) is 1.70. The van der Waals surface area contributed by atoms with Gasteiger partial charge in [0.1, 0.15) is 23.1 Å². The first-order chi connectivity index (χ1) is 12.0. The molecular weight excluding hydrogens is 322 g/mol. The van der Waals surface area contributed by atoms with Gasteiger partial charge in [0.2, 0.25) is 5.91 Å². The van der Waals surface area contributed by atoms with Crippen molar-refractivity contribution in [1.82, 2.24) is 5.32 Å². The zero-order valence-electron chi connectivity index (χ0n) is 13.5. The summed E-state index contributed by atoms with van der Waals surface area (Å²) in [4.78, 5) is 23.5. The molecular formula is C19H17NO5. The van der Waals surface area contributed by atoms with Crippen LogP contribution in [0.15, 0.2) is 53.1 Å². The molecule has 6 heteroatoms. The summed E-state index contributed by atoms with van der Waals surface area (Å²) in [6, 6.07) is 11.0. The molecule has 0 saturated carbocycles. The highest BCUT2D eigenvalue weighted by Crippen LogP contribution is 2.38. The van der Waals surface area contributed by atoms with Gasteiger partial charge < -0.3 is 19.9 Å². The Hall–Kier alpha value is -3.28. The second-order valence-corrected chi connectivity index (χ2v) is 5.58. The topological polar surface area (TPSA) is 99.8 Å². The number of phenols is 1. The first-order valence-corrected chi connectivity index (χ1v) is 7.83. The fourth-order valence-electron chi connectivity index (χ4n) is 2.82. The number of carbonyl (C=O) groups is 2. The van der Waals surface area contributed by atoms with Gasteiger partial charge in [-0.25, -0.2) is 4.79 Å². The summed E-state index contributed by atoms with van der Waals surface area (Å²) in [6.45, 7) is 1.71. The van der Waals surface area contributed by atoms with Gasteiger partial charge >= 0.3 is 5.97 Å². The van der Waals surface area contributed by atoms with Gasteiger partial charge in [-0.15, -0.1) is 0 Å². The monoisotopic (exact) mass is 339 g/mol. The zero-order chi connectivity index (χ0) is 18.0. The maximum Gasteiger partial charge on any atom is 0.339 e. The van der Waals surface area contributed by atoms with E-state index >= 15 is 0 Å². The number of aromatic hydroxyl groups is 1. The second kappa shape index (κ2) is 6.68. The van der Waals surface area contributed by atoms with Crippen LogP contribution in [0.3, 0.4) is 0 Å². The predicted octanol–water partition coefficient (Wildman–Crippen LogP) is 3.45. The van der Waals surface area contributed by atoms with E-state index < -0.39 is 12.0 Å². The first kappa shape index (κ1) is 16.6. The lowest BCUT2D eigenvalue weighted by molar-refractivity contribution is -0.121. The maximum absolute atomic E-state index is 12.0. The van der Waals surface area contributed by atoms with Crippen molar-refractivity contribution >= 4 is 22.6 Å². The third kappa shape index (κ3) is 3.06. The number of carbonyl (C=O) groups excluding carboxylic acids is 1. The number of benzene rings is 2. The summed E-state index contributed by atoms with van der Waals surface area (Å²) in [5, 5.41) is 24.1. The van der Waals surface area contributed by atoms with Crippen molar-refractivity contribution in [3.8, 4) is 5.75 Å². The molecule has 0 spiro atoms. The molecule has 1 amide bonds. The second-order valence-electron chi connectivity index (χ2n) is 5.58. The average Bonchev–Trinajstić information content (AvgIpc) is 3.13.